The molecule has 2 aromatic carbocycles. The first kappa shape index (κ1) is 23.1. The number of hydrogen-bond donors (Lipinski definition) is 2. The first-order valence-corrected chi connectivity index (χ1v) is 10.1. The number of rotatable bonds is 11. The maximum Gasteiger partial charge on any atom is 0.255 e. The second-order valence-electron chi connectivity index (χ2n) is 6.66. The molecule has 0 radical (unpaired) electrons. The number of carbonyl (C=O) groups excluding carboxylic acids is 2. The summed E-state index contributed by atoms with van der Waals surface area (Å²) in [6.07, 6.45) is 0.901. The summed E-state index contributed by atoms with van der Waals surface area (Å²) in [6.45, 7) is 6.67. The Labute approximate surface area is 177 Å². The lowest BCUT2D eigenvalue weighted by atomic mass is 10.1. The van der Waals surface area contributed by atoms with Crippen molar-refractivity contribution in [1.29, 1.82) is 0 Å². The first-order chi connectivity index (χ1) is 14.5. The van der Waals surface area contributed by atoms with Gasteiger partial charge in [-0.05, 0) is 50.1 Å². The lowest BCUT2D eigenvalue weighted by Crippen LogP contribution is -2.38. The fraction of sp³-hybridized carbons (Fsp3) is 0.391. The predicted molar refractivity (Wildman–Crippen MR) is 115 cm³/mol. The number of amides is 2. The van der Waals surface area contributed by atoms with Gasteiger partial charge in [0, 0.05) is 0 Å². The SMILES string of the molecule is CCCOc1ccc(C(C)NC(=O)CNC(=O)c2ccccc2OCC)cc1OC. The summed E-state index contributed by atoms with van der Waals surface area (Å²) in [7, 11) is 1.58. The zero-order valence-corrected chi connectivity index (χ0v) is 18.0. The van der Waals surface area contributed by atoms with Crippen molar-refractivity contribution in [2.24, 2.45) is 0 Å². The van der Waals surface area contributed by atoms with E-state index >= 15 is 0 Å². The van der Waals surface area contributed by atoms with Crippen LogP contribution in [0.15, 0.2) is 42.5 Å². The van der Waals surface area contributed by atoms with Crippen molar-refractivity contribution in [2.45, 2.75) is 33.2 Å². The molecule has 0 aromatic heterocycles. The zero-order chi connectivity index (χ0) is 21.9. The van der Waals surface area contributed by atoms with Crippen LogP contribution in [0.4, 0.5) is 0 Å². The fourth-order valence-electron chi connectivity index (χ4n) is 2.85. The van der Waals surface area contributed by atoms with Gasteiger partial charge in [-0.1, -0.05) is 25.1 Å². The van der Waals surface area contributed by atoms with E-state index in [9.17, 15) is 9.59 Å². The fourth-order valence-corrected chi connectivity index (χ4v) is 2.85. The smallest absolute Gasteiger partial charge is 0.255 e. The van der Waals surface area contributed by atoms with Gasteiger partial charge in [0.1, 0.15) is 5.75 Å². The summed E-state index contributed by atoms with van der Waals surface area (Å²) >= 11 is 0. The Morgan fingerprint density at radius 2 is 1.77 bits per heavy atom. The molecular weight excluding hydrogens is 384 g/mol. The third-order valence-corrected chi connectivity index (χ3v) is 4.37. The Kier molecular flexibility index (Phi) is 9.00. The molecule has 2 aromatic rings. The second kappa shape index (κ2) is 11.7. The van der Waals surface area contributed by atoms with Gasteiger partial charge in [-0.2, -0.15) is 0 Å². The van der Waals surface area contributed by atoms with E-state index in [1.165, 1.54) is 0 Å². The van der Waals surface area contributed by atoms with Crippen molar-refractivity contribution in [3.63, 3.8) is 0 Å². The van der Waals surface area contributed by atoms with Crippen molar-refractivity contribution in [3.05, 3.63) is 53.6 Å². The summed E-state index contributed by atoms with van der Waals surface area (Å²) in [5.41, 5.74) is 1.27. The van der Waals surface area contributed by atoms with Crippen molar-refractivity contribution >= 4 is 11.8 Å². The Bertz CT molecular complexity index is 853. The number of methoxy groups -OCH3 is 1. The van der Waals surface area contributed by atoms with Crippen LogP contribution in [0.2, 0.25) is 0 Å². The van der Waals surface area contributed by atoms with Crippen molar-refractivity contribution in [2.75, 3.05) is 26.9 Å². The Morgan fingerprint density at radius 3 is 2.47 bits per heavy atom. The van der Waals surface area contributed by atoms with E-state index in [0.717, 1.165) is 12.0 Å². The van der Waals surface area contributed by atoms with Crippen LogP contribution in [0.1, 0.15) is 49.2 Å². The number of ether oxygens (including phenoxy) is 3. The molecule has 0 aliphatic carbocycles. The normalized spacial score (nSPS) is 11.3. The number of carbonyl (C=O) groups is 2. The third kappa shape index (κ3) is 6.40. The molecule has 7 nitrogen and oxygen atoms in total. The average molecular weight is 415 g/mol. The van der Waals surface area contributed by atoms with Gasteiger partial charge < -0.3 is 24.8 Å². The van der Waals surface area contributed by atoms with Crippen LogP contribution in [-0.4, -0.2) is 38.7 Å². The largest absolute Gasteiger partial charge is 0.493 e. The summed E-state index contributed by atoms with van der Waals surface area (Å²) in [5.74, 6) is 1.12. The van der Waals surface area contributed by atoms with E-state index in [1.807, 2.05) is 39.0 Å². The van der Waals surface area contributed by atoms with E-state index in [0.29, 0.717) is 36.0 Å². The van der Waals surface area contributed by atoms with E-state index in [2.05, 4.69) is 10.6 Å². The zero-order valence-electron chi connectivity index (χ0n) is 18.0. The van der Waals surface area contributed by atoms with Gasteiger partial charge in [0.15, 0.2) is 11.5 Å². The van der Waals surface area contributed by atoms with E-state index in [1.54, 1.807) is 31.4 Å². The standard InChI is InChI=1S/C23H30N2O5/c1-5-13-30-20-12-11-17(14-21(20)28-4)16(3)25-22(26)15-24-23(27)18-9-7-8-10-19(18)29-6-2/h7-12,14,16H,5-6,13,15H2,1-4H3,(H,24,27)(H,25,26). The summed E-state index contributed by atoms with van der Waals surface area (Å²) < 4.78 is 16.5. The molecule has 1 unspecified atom stereocenters. The maximum atomic E-state index is 12.4. The Hall–Kier alpha value is -3.22. The predicted octanol–water partition coefficient (Wildman–Crippen LogP) is 3.49. The molecule has 2 amide bonds. The van der Waals surface area contributed by atoms with Gasteiger partial charge in [-0.15, -0.1) is 0 Å². The second-order valence-corrected chi connectivity index (χ2v) is 6.66. The van der Waals surface area contributed by atoms with Crippen molar-refractivity contribution in [1.82, 2.24) is 10.6 Å². The van der Waals surface area contributed by atoms with Gasteiger partial charge >= 0.3 is 0 Å². The molecule has 7 heteroatoms. The molecule has 0 fully saturated rings. The molecule has 30 heavy (non-hydrogen) atoms. The summed E-state index contributed by atoms with van der Waals surface area (Å²) in [5, 5.41) is 5.51. The minimum absolute atomic E-state index is 0.140. The highest BCUT2D eigenvalue weighted by Crippen LogP contribution is 2.30. The van der Waals surface area contributed by atoms with Gasteiger partial charge in [-0.25, -0.2) is 0 Å². The molecule has 0 bridgehead atoms. The van der Waals surface area contributed by atoms with Gasteiger partial charge in [0.2, 0.25) is 5.91 Å². The summed E-state index contributed by atoms with van der Waals surface area (Å²) in [6, 6.07) is 12.2. The van der Waals surface area contributed by atoms with Gasteiger partial charge in [0.05, 0.1) is 38.5 Å². The monoisotopic (exact) mass is 414 g/mol. The molecule has 162 valence electrons. The third-order valence-electron chi connectivity index (χ3n) is 4.37. The maximum absolute atomic E-state index is 12.4. The van der Waals surface area contributed by atoms with E-state index in [4.69, 9.17) is 14.2 Å². The molecule has 0 heterocycles. The Balaban J connectivity index is 1.94. The van der Waals surface area contributed by atoms with E-state index in [-0.39, 0.29) is 24.4 Å². The van der Waals surface area contributed by atoms with Crippen LogP contribution in [0.3, 0.4) is 0 Å². The van der Waals surface area contributed by atoms with Crippen molar-refractivity contribution in [3.8, 4) is 17.2 Å². The van der Waals surface area contributed by atoms with Gasteiger partial charge in [-0.3, -0.25) is 9.59 Å². The minimum Gasteiger partial charge on any atom is -0.493 e. The molecule has 0 saturated heterocycles. The first-order valence-electron chi connectivity index (χ1n) is 10.1. The van der Waals surface area contributed by atoms with Crippen LogP contribution in [0.5, 0.6) is 17.2 Å². The highest BCUT2D eigenvalue weighted by atomic mass is 16.5. The molecule has 2 rings (SSSR count). The lowest BCUT2D eigenvalue weighted by Gasteiger charge is -2.17. The number of hydrogen-bond acceptors (Lipinski definition) is 5. The molecule has 0 aliphatic heterocycles. The van der Waals surface area contributed by atoms with Crippen LogP contribution in [0, 0.1) is 0 Å². The van der Waals surface area contributed by atoms with Crippen LogP contribution in [0.25, 0.3) is 0 Å². The summed E-state index contributed by atoms with van der Waals surface area (Å²) in [4.78, 5) is 24.7. The topological polar surface area (TPSA) is 85.9 Å². The van der Waals surface area contributed by atoms with E-state index < -0.39 is 0 Å². The van der Waals surface area contributed by atoms with Gasteiger partial charge in [0.25, 0.3) is 5.91 Å². The minimum atomic E-state index is -0.360. The number of nitrogens with one attached hydrogen (secondary N) is 2. The molecule has 0 aliphatic rings. The number of para-hydroxylation sites is 1. The highest BCUT2D eigenvalue weighted by Gasteiger charge is 2.16. The quantitative estimate of drug-likeness (QED) is 0.588. The van der Waals surface area contributed by atoms with Crippen molar-refractivity contribution < 1.29 is 23.8 Å². The molecule has 2 N–H and O–H groups in total. The molecule has 0 spiro atoms. The molecule has 0 saturated carbocycles. The average Bonchev–Trinajstić information content (AvgIpc) is 2.76. The Morgan fingerprint density at radius 1 is 1.00 bits per heavy atom. The van der Waals surface area contributed by atoms with Crippen LogP contribution < -0.4 is 24.8 Å². The molecule has 1 atom stereocenters. The van der Waals surface area contributed by atoms with Crippen LogP contribution >= 0.6 is 0 Å². The molecular formula is C23H30N2O5. The lowest BCUT2D eigenvalue weighted by molar-refractivity contribution is -0.120. The number of benzene rings is 2. The van der Waals surface area contributed by atoms with Crippen LogP contribution in [-0.2, 0) is 4.79 Å². The highest BCUT2D eigenvalue weighted by molar-refractivity contribution is 5.98.